The summed E-state index contributed by atoms with van der Waals surface area (Å²) < 4.78 is 5.37. The number of halogens is 1. The number of rotatable bonds is 6. The molecule has 2 rings (SSSR count). The minimum Gasteiger partial charge on any atom is -0.496 e. The number of aromatic nitrogens is 1. The monoisotopic (exact) mass is 281 g/mol. The van der Waals surface area contributed by atoms with Crippen molar-refractivity contribution in [1.29, 1.82) is 0 Å². The number of methoxy groups -OCH3 is 1. The molecule has 1 heterocycles. The molecule has 0 fully saturated rings. The molecule has 18 heavy (non-hydrogen) atoms. The molecule has 0 radical (unpaired) electrons. The summed E-state index contributed by atoms with van der Waals surface area (Å²) in [6, 6.07) is 8.12. The first kappa shape index (κ1) is 13.4. The van der Waals surface area contributed by atoms with Gasteiger partial charge in [0.15, 0.2) is 0 Å². The first-order valence-corrected chi connectivity index (χ1v) is 7.30. The average Bonchev–Trinajstić information content (AvgIpc) is 2.91. The summed E-state index contributed by atoms with van der Waals surface area (Å²) in [5.74, 6) is 2.01. The fraction of sp³-hybridized carbons (Fsp3) is 0.357. The molecule has 0 bridgehead atoms. The third-order valence-corrected chi connectivity index (χ3v) is 4.13. The van der Waals surface area contributed by atoms with E-state index in [2.05, 4.69) is 11.1 Å². The first-order chi connectivity index (χ1) is 8.83. The Morgan fingerprint density at radius 3 is 2.83 bits per heavy atom. The van der Waals surface area contributed by atoms with Gasteiger partial charge in [0.25, 0.3) is 0 Å². The lowest BCUT2D eigenvalue weighted by atomic mass is 9.97. The molecule has 1 aromatic heterocycles. The van der Waals surface area contributed by atoms with Gasteiger partial charge in [-0.05, 0) is 30.4 Å². The standard InChI is InChI=1S/C14H16ClNOS/c1-17-14-5-3-2-4-12(14)6-11(8-15)7-13-9-16-10-18-13/h2-5,9-11H,6-8H2,1H3. The minimum atomic E-state index is 0.420. The normalized spacial score (nSPS) is 12.3. The van der Waals surface area contributed by atoms with Crippen LogP contribution in [0.15, 0.2) is 36.0 Å². The van der Waals surface area contributed by atoms with E-state index in [4.69, 9.17) is 16.3 Å². The van der Waals surface area contributed by atoms with E-state index in [9.17, 15) is 0 Å². The van der Waals surface area contributed by atoms with Gasteiger partial charge < -0.3 is 4.74 Å². The Morgan fingerprint density at radius 2 is 2.17 bits per heavy atom. The van der Waals surface area contributed by atoms with Crippen LogP contribution in [0, 0.1) is 5.92 Å². The largest absolute Gasteiger partial charge is 0.496 e. The van der Waals surface area contributed by atoms with Gasteiger partial charge in [0, 0.05) is 17.0 Å². The Morgan fingerprint density at radius 1 is 1.33 bits per heavy atom. The van der Waals surface area contributed by atoms with Crippen molar-refractivity contribution in [3.05, 3.63) is 46.4 Å². The van der Waals surface area contributed by atoms with E-state index in [1.807, 2.05) is 29.9 Å². The smallest absolute Gasteiger partial charge is 0.122 e. The van der Waals surface area contributed by atoms with Crippen LogP contribution >= 0.6 is 22.9 Å². The Kier molecular flexibility index (Phi) is 5.02. The van der Waals surface area contributed by atoms with E-state index in [1.165, 1.54) is 10.4 Å². The van der Waals surface area contributed by atoms with Crippen molar-refractivity contribution in [2.75, 3.05) is 13.0 Å². The molecule has 2 nitrogen and oxygen atoms in total. The van der Waals surface area contributed by atoms with Gasteiger partial charge in [-0.2, -0.15) is 0 Å². The van der Waals surface area contributed by atoms with Gasteiger partial charge in [-0.3, -0.25) is 4.98 Å². The average molecular weight is 282 g/mol. The maximum Gasteiger partial charge on any atom is 0.122 e. The molecule has 0 aliphatic carbocycles. The number of thiazole rings is 1. The Balaban J connectivity index is 2.05. The maximum absolute atomic E-state index is 6.07. The van der Waals surface area contributed by atoms with Crippen molar-refractivity contribution in [3.8, 4) is 5.75 Å². The van der Waals surface area contributed by atoms with Gasteiger partial charge in [-0.1, -0.05) is 18.2 Å². The van der Waals surface area contributed by atoms with Crippen LogP contribution in [0.4, 0.5) is 0 Å². The second-order valence-corrected chi connectivity index (χ2v) is 5.49. The van der Waals surface area contributed by atoms with E-state index in [-0.39, 0.29) is 0 Å². The summed E-state index contributed by atoms with van der Waals surface area (Å²) in [5.41, 5.74) is 3.08. The van der Waals surface area contributed by atoms with E-state index in [0.29, 0.717) is 11.8 Å². The van der Waals surface area contributed by atoms with Crippen LogP contribution in [0.25, 0.3) is 0 Å². The summed E-state index contributed by atoms with van der Waals surface area (Å²) >= 11 is 7.76. The molecule has 4 heteroatoms. The van der Waals surface area contributed by atoms with Crippen molar-refractivity contribution in [2.45, 2.75) is 12.8 Å². The maximum atomic E-state index is 6.07. The quantitative estimate of drug-likeness (QED) is 0.752. The zero-order valence-corrected chi connectivity index (χ0v) is 11.9. The van der Waals surface area contributed by atoms with Crippen LogP contribution in [0.5, 0.6) is 5.75 Å². The molecule has 0 amide bonds. The molecule has 0 spiro atoms. The number of hydrogen-bond acceptors (Lipinski definition) is 3. The summed E-state index contributed by atoms with van der Waals surface area (Å²) in [7, 11) is 1.71. The lowest BCUT2D eigenvalue weighted by Gasteiger charge is -2.15. The zero-order valence-electron chi connectivity index (χ0n) is 10.3. The highest BCUT2D eigenvalue weighted by molar-refractivity contribution is 7.09. The summed E-state index contributed by atoms with van der Waals surface area (Å²) in [5, 5.41) is 0. The molecule has 2 aromatic rings. The predicted molar refractivity (Wildman–Crippen MR) is 76.7 cm³/mol. The molecule has 0 aliphatic rings. The molecule has 0 saturated carbocycles. The van der Waals surface area contributed by atoms with Gasteiger partial charge in [-0.25, -0.2) is 0 Å². The van der Waals surface area contributed by atoms with Crippen LogP contribution in [0.3, 0.4) is 0 Å². The summed E-state index contributed by atoms with van der Waals surface area (Å²) in [4.78, 5) is 5.39. The minimum absolute atomic E-state index is 0.420. The van der Waals surface area contributed by atoms with Crippen molar-refractivity contribution in [1.82, 2.24) is 4.98 Å². The van der Waals surface area contributed by atoms with Gasteiger partial charge in [0.05, 0.1) is 12.6 Å². The third kappa shape index (κ3) is 3.47. The van der Waals surface area contributed by atoms with Crippen LogP contribution < -0.4 is 4.74 Å². The van der Waals surface area contributed by atoms with Crippen LogP contribution in [-0.2, 0) is 12.8 Å². The van der Waals surface area contributed by atoms with Crippen LogP contribution in [0.2, 0.25) is 0 Å². The number of para-hydroxylation sites is 1. The fourth-order valence-corrected chi connectivity index (χ4v) is 2.92. The number of alkyl halides is 1. The Labute approximate surface area is 117 Å². The lowest BCUT2D eigenvalue weighted by molar-refractivity contribution is 0.405. The molecule has 0 saturated heterocycles. The Bertz CT molecular complexity index is 472. The third-order valence-electron chi connectivity index (χ3n) is 2.89. The predicted octanol–water partition coefficient (Wildman–Crippen LogP) is 3.79. The summed E-state index contributed by atoms with van der Waals surface area (Å²) in [6.07, 6.45) is 3.84. The van der Waals surface area contributed by atoms with E-state index in [1.54, 1.807) is 18.4 Å². The number of ether oxygens (including phenoxy) is 1. The van der Waals surface area contributed by atoms with Crippen molar-refractivity contribution in [2.24, 2.45) is 5.92 Å². The SMILES string of the molecule is COc1ccccc1CC(CCl)Cc1cncs1. The van der Waals surface area contributed by atoms with Crippen LogP contribution in [0.1, 0.15) is 10.4 Å². The number of hydrogen-bond donors (Lipinski definition) is 0. The molecule has 0 aliphatic heterocycles. The molecule has 96 valence electrons. The van der Waals surface area contributed by atoms with Crippen molar-refractivity contribution >= 4 is 22.9 Å². The highest BCUT2D eigenvalue weighted by atomic mass is 35.5. The lowest BCUT2D eigenvalue weighted by Crippen LogP contribution is -2.10. The second kappa shape index (κ2) is 6.76. The van der Waals surface area contributed by atoms with Gasteiger partial charge in [-0.15, -0.1) is 22.9 Å². The number of nitrogens with zero attached hydrogens (tertiary/aromatic N) is 1. The highest BCUT2D eigenvalue weighted by Gasteiger charge is 2.13. The highest BCUT2D eigenvalue weighted by Crippen LogP contribution is 2.24. The fourth-order valence-electron chi connectivity index (χ4n) is 1.99. The first-order valence-electron chi connectivity index (χ1n) is 5.88. The van der Waals surface area contributed by atoms with Crippen molar-refractivity contribution < 1.29 is 4.74 Å². The molecule has 1 atom stereocenters. The van der Waals surface area contributed by atoms with Gasteiger partial charge in [0.1, 0.15) is 5.75 Å². The van der Waals surface area contributed by atoms with Gasteiger partial charge in [0.2, 0.25) is 0 Å². The van der Waals surface area contributed by atoms with Crippen LogP contribution in [-0.4, -0.2) is 18.0 Å². The van der Waals surface area contributed by atoms with Gasteiger partial charge >= 0.3 is 0 Å². The van der Waals surface area contributed by atoms with E-state index < -0.39 is 0 Å². The summed E-state index contributed by atoms with van der Waals surface area (Å²) in [6.45, 7) is 0. The molecule has 1 unspecified atom stereocenters. The molecule has 1 aromatic carbocycles. The van der Waals surface area contributed by atoms with E-state index in [0.717, 1.165) is 18.6 Å². The number of benzene rings is 1. The molecular weight excluding hydrogens is 266 g/mol. The second-order valence-electron chi connectivity index (χ2n) is 4.21. The van der Waals surface area contributed by atoms with E-state index >= 15 is 0 Å². The van der Waals surface area contributed by atoms with Crippen molar-refractivity contribution in [3.63, 3.8) is 0 Å². The Hall–Kier alpha value is -1.06. The topological polar surface area (TPSA) is 22.1 Å². The molecular formula is C14H16ClNOS. The molecule has 0 N–H and O–H groups in total. The zero-order chi connectivity index (χ0) is 12.8.